The summed E-state index contributed by atoms with van der Waals surface area (Å²) in [4.78, 5) is 0. The van der Waals surface area contributed by atoms with E-state index in [1.807, 2.05) is 12.1 Å². The molecular formula is C15H21NO4. The molecule has 20 heavy (non-hydrogen) atoms. The number of ether oxygens (including phenoxy) is 4. The van der Waals surface area contributed by atoms with Gasteiger partial charge in [-0.3, -0.25) is 0 Å². The first-order chi connectivity index (χ1) is 9.86. The highest BCUT2D eigenvalue weighted by Crippen LogP contribution is 2.38. The number of nitrogens with one attached hydrogen (secondary N) is 1. The summed E-state index contributed by atoms with van der Waals surface area (Å²) in [7, 11) is 0. The second-order valence-corrected chi connectivity index (χ2v) is 5.05. The van der Waals surface area contributed by atoms with Crippen LogP contribution in [0.2, 0.25) is 0 Å². The lowest BCUT2D eigenvalue weighted by molar-refractivity contribution is 0.00694. The second kappa shape index (κ2) is 6.33. The van der Waals surface area contributed by atoms with Crippen LogP contribution in [0.1, 0.15) is 25.3 Å². The molecule has 0 aromatic heterocycles. The lowest BCUT2D eigenvalue weighted by atomic mass is 10.1. The van der Waals surface area contributed by atoms with E-state index in [-0.39, 0.29) is 12.9 Å². The minimum Gasteiger partial charge on any atom is -0.488 e. The largest absolute Gasteiger partial charge is 0.488 e. The van der Waals surface area contributed by atoms with Gasteiger partial charge in [-0.25, -0.2) is 0 Å². The van der Waals surface area contributed by atoms with E-state index < -0.39 is 0 Å². The minimum atomic E-state index is 0.129. The molecule has 0 spiro atoms. The van der Waals surface area contributed by atoms with Gasteiger partial charge in [-0.2, -0.15) is 0 Å². The molecule has 0 bridgehead atoms. The smallest absolute Gasteiger partial charge is 0.231 e. The Morgan fingerprint density at radius 3 is 2.90 bits per heavy atom. The van der Waals surface area contributed by atoms with Crippen molar-refractivity contribution in [1.29, 1.82) is 0 Å². The molecule has 0 amide bonds. The lowest BCUT2D eigenvalue weighted by Gasteiger charge is -2.24. The van der Waals surface area contributed by atoms with E-state index in [1.165, 1.54) is 0 Å². The monoisotopic (exact) mass is 279 g/mol. The summed E-state index contributed by atoms with van der Waals surface area (Å²) in [6.45, 7) is 5.55. The molecule has 1 saturated heterocycles. The Labute approximate surface area is 119 Å². The van der Waals surface area contributed by atoms with Crippen molar-refractivity contribution in [2.45, 2.75) is 32.4 Å². The number of fused-ring (bicyclic) bond motifs is 1. The molecule has 3 rings (SSSR count). The Kier molecular flexibility index (Phi) is 4.28. The van der Waals surface area contributed by atoms with Crippen molar-refractivity contribution >= 4 is 0 Å². The topological polar surface area (TPSA) is 49.0 Å². The highest BCUT2D eigenvalue weighted by atomic mass is 16.7. The van der Waals surface area contributed by atoms with E-state index in [0.717, 1.165) is 55.4 Å². The van der Waals surface area contributed by atoms with Crippen molar-refractivity contribution in [3.05, 3.63) is 17.7 Å². The van der Waals surface area contributed by atoms with Crippen LogP contribution in [0.25, 0.3) is 0 Å². The Bertz CT molecular complexity index is 457. The third-order valence-electron chi connectivity index (χ3n) is 3.53. The SMILES string of the molecule is CCNCc1cc2c(cc1OC1CCCOC1)OCO2. The molecule has 1 unspecified atom stereocenters. The predicted molar refractivity (Wildman–Crippen MR) is 74.4 cm³/mol. The molecule has 110 valence electrons. The maximum atomic E-state index is 6.11. The molecule has 0 aliphatic carbocycles. The number of hydrogen-bond acceptors (Lipinski definition) is 5. The first kappa shape index (κ1) is 13.5. The van der Waals surface area contributed by atoms with E-state index in [2.05, 4.69) is 12.2 Å². The fourth-order valence-electron chi connectivity index (χ4n) is 2.46. The van der Waals surface area contributed by atoms with Crippen molar-refractivity contribution < 1.29 is 18.9 Å². The molecule has 0 radical (unpaired) electrons. The summed E-state index contributed by atoms with van der Waals surface area (Å²) in [5.74, 6) is 2.42. The Morgan fingerprint density at radius 1 is 1.30 bits per heavy atom. The third-order valence-corrected chi connectivity index (χ3v) is 3.53. The van der Waals surface area contributed by atoms with Crippen LogP contribution >= 0.6 is 0 Å². The zero-order chi connectivity index (χ0) is 13.8. The fraction of sp³-hybridized carbons (Fsp3) is 0.600. The van der Waals surface area contributed by atoms with Crippen molar-refractivity contribution in [3.8, 4) is 17.2 Å². The zero-order valence-corrected chi connectivity index (χ0v) is 11.8. The van der Waals surface area contributed by atoms with Gasteiger partial charge in [0.15, 0.2) is 11.5 Å². The highest BCUT2D eigenvalue weighted by molar-refractivity contribution is 5.51. The molecule has 5 nitrogen and oxygen atoms in total. The van der Waals surface area contributed by atoms with E-state index in [9.17, 15) is 0 Å². The Morgan fingerprint density at radius 2 is 2.15 bits per heavy atom. The minimum absolute atomic E-state index is 0.129. The van der Waals surface area contributed by atoms with Crippen LogP contribution in [0.5, 0.6) is 17.2 Å². The van der Waals surface area contributed by atoms with Crippen LogP contribution in [0.15, 0.2) is 12.1 Å². The van der Waals surface area contributed by atoms with Crippen molar-refractivity contribution in [2.24, 2.45) is 0 Å². The third kappa shape index (κ3) is 2.99. The molecule has 1 aromatic rings. The zero-order valence-electron chi connectivity index (χ0n) is 11.8. The van der Waals surface area contributed by atoms with Gasteiger partial charge in [0.2, 0.25) is 6.79 Å². The summed E-state index contributed by atoms with van der Waals surface area (Å²) in [6, 6.07) is 3.94. The summed E-state index contributed by atoms with van der Waals surface area (Å²) < 4.78 is 22.4. The summed E-state index contributed by atoms with van der Waals surface area (Å²) in [5, 5.41) is 3.33. The van der Waals surface area contributed by atoms with Gasteiger partial charge < -0.3 is 24.3 Å². The molecule has 2 aliphatic heterocycles. The molecule has 0 saturated carbocycles. The molecule has 5 heteroatoms. The van der Waals surface area contributed by atoms with Crippen LogP contribution in [0, 0.1) is 0 Å². The van der Waals surface area contributed by atoms with E-state index >= 15 is 0 Å². The van der Waals surface area contributed by atoms with Crippen LogP contribution in [0.4, 0.5) is 0 Å². The Balaban J connectivity index is 1.78. The number of rotatable bonds is 5. The predicted octanol–water partition coefficient (Wildman–Crippen LogP) is 2.08. The van der Waals surface area contributed by atoms with Crippen LogP contribution < -0.4 is 19.5 Å². The quantitative estimate of drug-likeness (QED) is 0.894. The van der Waals surface area contributed by atoms with Gasteiger partial charge in [-0.1, -0.05) is 6.92 Å². The van der Waals surface area contributed by atoms with Crippen molar-refractivity contribution in [2.75, 3.05) is 26.6 Å². The van der Waals surface area contributed by atoms with Crippen molar-refractivity contribution in [3.63, 3.8) is 0 Å². The number of benzene rings is 1. The van der Waals surface area contributed by atoms with Crippen LogP contribution in [-0.4, -0.2) is 32.7 Å². The second-order valence-electron chi connectivity index (χ2n) is 5.05. The van der Waals surface area contributed by atoms with Crippen LogP contribution in [0.3, 0.4) is 0 Å². The van der Waals surface area contributed by atoms with Crippen molar-refractivity contribution in [1.82, 2.24) is 5.32 Å². The van der Waals surface area contributed by atoms with Gasteiger partial charge in [0.1, 0.15) is 11.9 Å². The normalized spacial score (nSPS) is 20.9. The Hall–Kier alpha value is -1.46. The van der Waals surface area contributed by atoms with Crippen LogP contribution in [-0.2, 0) is 11.3 Å². The molecule has 1 atom stereocenters. The average Bonchev–Trinajstić information content (AvgIpc) is 2.93. The molecular weight excluding hydrogens is 258 g/mol. The van der Waals surface area contributed by atoms with E-state index in [1.54, 1.807) is 0 Å². The first-order valence-corrected chi connectivity index (χ1v) is 7.24. The molecule has 1 aromatic carbocycles. The van der Waals surface area contributed by atoms with Gasteiger partial charge in [0.25, 0.3) is 0 Å². The molecule has 2 aliphatic rings. The molecule has 2 heterocycles. The molecule has 1 fully saturated rings. The van der Waals surface area contributed by atoms with Gasteiger partial charge >= 0.3 is 0 Å². The highest BCUT2D eigenvalue weighted by Gasteiger charge is 2.21. The fourth-order valence-corrected chi connectivity index (χ4v) is 2.46. The maximum absolute atomic E-state index is 6.11. The average molecular weight is 279 g/mol. The van der Waals surface area contributed by atoms with Gasteiger partial charge in [0, 0.05) is 24.8 Å². The molecule has 1 N–H and O–H groups in total. The first-order valence-electron chi connectivity index (χ1n) is 7.24. The van der Waals surface area contributed by atoms with Gasteiger partial charge in [-0.15, -0.1) is 0 Å². The van der Waals surface area contributed by atoms with Gasteiger partial charge in [-0.05, 0) is 25.5 Å². The summed E-state index contributed by atoms with van der Waals surface area (Å²) in [5.41, 5.74) is 1.10. The standard InChI is InChI=1S/C15H21NO4/c1-2-16-8-11-6-14-15(19-10-18-14)7-13(11)20-12-4-3-5-17-9-12/h6-7,12,16H,2-5,8-10H2,1H3. The lowest BCUT2D eigenvalue weighted by Crippen LogP contribution is -2.28. The summed E-state index contributed by atoms with van der Waals surface area (Å²) in [6.07, 6.45) is 2.22. The van der Waals surface area contributed by atoms with E-state index in [4.69, 9.17) is 18.9 Å². The van der Waals surface area contributed by atoms with Gasteiger partial charge in [0.05, 0.1) is 6.61 Å². The maximum Gasteiger partial charge on any atom is 0.231 e. The summed E-state index contributed by atoms with van der Waals surface area (Å²) >= 11 is 0. The number of hydrogen-bond donors (Lipinski definition) is 1. The van der Waals surface area contributed by atoms with E-state index in [0.29, 0.717) is 6.61 Å².